The Morgan fingerprint density at radius 2 is 1.92 bits per heavy atom. The molecular weight excluding hydrogens is 187 g/mol. The number of rotatable bonds is 1. The van der Waals surface area contributed by atoms with Gasteiger partial charge in [0.2, 0.25) is 0 Å². The first-order valence-corrected chi connectivity index (χ1v) is 4.86. The molecule has 0 aliphatic heterocycles. The fraction of sp³-hybridized carbons (Fsp3) is 0.143. The van der Waals surface area contributed by atoms with Gasteiger partial charge >= 0.3 is 29.6 Å². The van der Waals surface area contributed by atoms with Crippen molar-refractivity contribution in [2.45, 2.75) is 4.90 Å². The molecule has 0 unspecified atom stereocenters. The Morgan fingerprint density at radius 1 is 1.33 bits per heavy atom. The molecule has 0 saturated carbocycles. The molecule has 60 valence electrons. The third kappa shape index (κ3) is 3.15. The number of hydrogen-bond acceptors (Lipinski definition) is 3. The van der Waals surface area contributed by atoms with Crippen molar-refractivity contribution in [3.05, 3.63) is 24.3 Å². The molecule has 5 heteroatoms. The standard InChI is InChI=1S/C7H8O3S.Na/c1-11(9,10)7-4-2-3-6(8)5-7;/h2-5,8H,1H3;/q;+1/p-1. The molecule has 0 spiro atoms. The van der Waals surface area contributed by atoms with Gasteiger partial charge in [-0.25, -0.2) is 8.42 Å². The van der Waals surface area contributed by atoms with Gasteiger partial charge in [-0.1, -0.05) is 18.2 Å². The van der Waals surface area contributed by atoms with Crippen LogP contribution in [0.2, 0.25) is 0 Å². The Bertz CT molecular complexity index is 359. The summed E-state index contributed by atoms with van der Waals surface area (Å²) in [6, 6.07) is 5.25. The van der Waals surface area contributed by atoms with Crippen molar-refractivity contribution in [1.82, 2.24) is 0 Å². The number of benzene rings is 1. The minimum atomic E-state index is -3.23. The largest absolute Gasteiger partial charge is 1.00 e. The SMILES string of the molecule is CS(=O)(=O)c1cccc([O-])c1.[Na+]. The summed E-state index contributed by atoms with van der Waals surface area (Å²) >= 11 is 0. The van der Waals surface area contributed by atoms with Gasteiger partial charge in [0.05, 0.1) is 4.90 Å². The molecular formula is C7H7NaO3S. The summed E-state index contributed by atoms with van der Waals surface area (Å²) < 4.78 is 21.7. The molecule has 1 rings (SSSR count). The topological polar surface area (TPSA) is 57.2 Å². The fourth-order valence-electron chi connectivity index (χ4n) is 0.705. The number of sulfone groups is 1. The molecule has 3 nitrogen and oxygen atoms in total. The van der Waals surface area contributed by atoms with Gasteiger partial charge < -0.3 is 5.11 Å². The zero-order valence-electron chi connectivity index (χ0n) is 6.94. The molecule has 0 aliphatic rings. The summed E-state index contributed by atoms with van der Waals surface area (Å²) in [7, 11) is -3.23. The fourth-order valence-corrected chi connectivity index (χ4v) is 1.36. The monoisotopic (exact) mass is 194 g/mol. The molecule has 0 radical (unpaired) electrons. The minimum Gasteiger partial charge on any atom is -0.872 e. The predicted molar refractivity (Wildman–Crippen MR) is 39.0 cm³/mol. The van der Waals surface area contributed by atoms with Crippen LogP contribution in [0.4, 0.5) is 0 Å². The Labute approximate surface area is 93.6 Å². The maximum atomic E-state index is 10.8. The minimum absolute atomic E-state index is 0. The smallest absolute Gasteiger partial charge is 0.872 e. The first-order chi connectivity index (χ1) is 5.00. The van der Waals surface area contributed by atoms with Crippen LogP contribution < -0.4 is 34.7 Å². The summed E-state index contributed by atoms with van der Waals surface area (Å²) in [5.41, 5.74) is 0. The molecule has 1 aromatic carbocycles. The van der Waals surface area contributed by atoms with E-state index in [0.29, 0.717) is 0 Å². The van der Waals surface area contributed by atoms with Gasteiger partial charge in [-0.15, -0.1) is 5.75 Å². The van der Waals surface area contributed by atoms with Crippen molar-refractivity contribution in [3.63, 3.8) is 0 Å². The van der Waals surface area contributed by atoms with E-state index in [1.807, 2.05) is 0 Å². The second-order valence-electron chi connectivity index (χ2n) is 2.25. The van der Waals surface area contributed by atoms with Crippen molar-refractivity contribution in [3.8, 4) is 5.75 Å². The second kappa shape index (κ2) is 4.28. The molecule has 0 fully saturated rings. The third-order valence-electron chi connectivity index (χ3n) is 1.23. The van der Waals surface area contributed by atoms with Crippen LogP contribution in [0.1, 0.15) is 0 Å². The zero-order chi connectivity index (χ0) is 8.48. The molecule has 0 heterocycles. The van der Waals surface area contributed by atoms with Crippen LogP contribution in [0, 0.1) is 0 Å². The molecule has 0 N–H and O–H groups in total. The van der Waals surface area contributed by atoms with Crippen molar-refractivity contribution in [2.75, 3.05) is 6.26 Å². The van der Waals surface area contributed by atoms with Gasteiger partial charge in [0.25, 0.3) is 0 Å². The van der Waals surface area contributed by atoms with Crippen LogP contribution in [0.3, 0.4) is 0 Å². The predicted octanol–water partition coefficient (Wildman–Crippen LogP) is -2.83. The van der Waals surface area contributed by atoms with Crippen LogP contribution in [-0.2, 0) is 9.84 Å². The summed E-state index contributed by atoms with van der Waals surface area (Å²) in [5.74, 6) is -0.284. The van der Waals surface area contributed by atoms with Gasteiger partial charge in [0.1, 0.15) is 0 Å². The molecule has 0 aromatic heterocycles. The van der Waals surface area contributed by atoms with Crippen LogP contribution >= 0.6 is 0 Å². The summed E-state index contributed by atoms with van der Waals surface area (Å²) in [6.45, 7) is 0. The molecule has 0 atom stereocenters. The van der Waals surface area contributed by atoms with E-state index >= 15 is 0 Å². The van der Waals surface area contributed by atoms with E-state index in [4.69, 9.17) is 0 Å². The molecule has 0 saturated heterocycles. The van der Waals surface area contributed by atoms with Crippen LogP contribution in [0.25, 0.3) is 0 Å². The van der Waals surface area contributed by atoms with E-state index in [2.05, 4.69) is 0 Å². The van der Waals surface area contributed by atoms with Gasteiger partial charge in [0.15, 0.2) is 9.84 Å². The molecule has 1 aromatic rings. The van der Waals surface area contributed by atoms with Crippen LogP contribution in [0.15, 0.2) is 29.2 Å². The van der Waals surface area contributed by atoms with E-state index in [9.17, 15) is 13.5 Å². The van der Waals surface area contributed by atoms with E-state index in [1.54, 1.807) is 0 Å². The Balaban J connectivity index is 0.00000121. The van der Waals surface area contributed by atoms with Gasteiger partial charge in [-0.2, -0.15) is 0 Å². The van der Waals surface area contributed by atoms with E-state index in [1.165, 1.54) is 18.2 Å². The van der Waals surface area contributed by atoms with Crippen molar-refractivity contribution in [2.24, 2.45) is 0 Å². The van der Waals surface area contributed by atoms with Gasteiger partial charge in [-0.3, -0.25) is 0 Å². The Morgan fingerprint density at radius 3 is 2.25 bits per heavy atom. The summed E-state index contributed by atoms with van der Waals surface area (Å²) in [5, 5.41) is 10.7. The Kier molecular flexibility index (Phi) is 4.26. The Hall–Kier alpha value is -0.0300. The van der Waals surface area contributed by atoms with Crippen molar-refractivity contribution >= 4 is 9.84 Å². The number of hydrogen-bond donors (Lipinski definition) is 0. The average Bonchev–Trinajstić information content (AvgIpc) is 1.86. The third-order valence-corrected chi connectivity index (χ3v) is 2.34. The van der Waals surface area contributed by atoms with Gasteiger partial charge in [-0.05, 0) is 6.07 Å². The van der Waals surface area contributed by atoms with E-state index in [0.717, 1.165) is 12.3 Å². The maximum Gasteiger partial charge on any atom is 1.00 e. The van der Waals surface area contributed by atoms with Crippen molar-refractivity contribution < 1.29 is 43.1 Å². The van der Waals surface area contributed by atoms with E-state index in [-0.39, 0.29) is 40.2 Å². The average molecular weight is 194 g/mol. The second-order valence-corrected chi connectivity index (χ2v) is 4.26. The van der Waals surface area contributed by atoms with E-state index < -0.39 is 9.84 Å². The normalized spacial score (nSPS) is 10.4. The van der Waals surface area contributed by atoms with Crippen LogP contribution in [-0.4, -0.2) is 14.7 Å². The van der Waals surface area contributed by atoms with Crippen LogP contribution in [0.5, 0.6) is 5.75 Å². The summed E-state index contributed by atoms with van der Waals surface area (Å²) in [4.78, 5) is 0.0741. The van der Waals surface area contributed by atoms with Crippen molar-refractivity contribution in [1.29, 1.82) is 0 Å². The molecule has 0 aliphatic carbocycles. The molecule has 12 heavy (non-hydrogen) atoms. The molecule has 0 bridgehead atoms. The molecule has 0 amide bonds. The van der Waals surface area contributed by atoms with Gasteiger partial charge in [0, 0.05) is 6.26 Å². The maximum absolute atomic E-state index is 10.8. The zero-order valence-corrected chi connectivity index (χ0v) is 9.76. The first-order valence-electron chi connectivity index (χ1n) is 2.97. The quantitative estimate of drug-likeness (QED) is 0.453. The first kappa shape index (κ1) is 12.0. The summed E-state index contributed by atoms with van der Waals surface area (Å²) in [6.07, 6.45) is 1.07.